The summed E-state index contributed by atoms with van der Waals surface area (Å²) in [6.07, 6.45) is 1.97. The van der Waals surface area contributed by atoms with Crippen molar-refractivity contribution in [1.29, 1.82) is 0 Å². The second kappa shape index (κ2) is 7.11. The molecule has 4 nitrogen and oxygen atoms in total. The van der Waals surface area contributed by atoms with Crippen molar-refractivity contribution < 1.29 is 4.79 Å². The summed E-state index contributed by atoms with van der Waals surface area (Å²) in [6, 6.07) is 10.8. The minimum Gasteiger partial charge on any atom is -0.349 e. The highest BCUT2D eigenvalue weighted by Gasteiger charge is 2.23. The summed E-state index contributed by atoms with van der Waals surface area (Å²) in [4.78, 5) is 12.7. The van der Waals surface area contributed by atoms with E-state index in [9.17, 15) is 4.79 Å². The third-order valence-electron chi connectivity index (χ3n) is 4.72. The molecule has 128 valence electrons. The molecule has 1 aliphatic rings. The topological polar surface area (TPSA) is 46.1 Å². The van der Waals surface area contributed by atoms with E-state index in [0.717, 1.165) is 46.5 Å². The van der Waals surface area contributed by atoms with E-state index < -0.39 is 0 Å². The molecular weight excluding hydrogens is 366 g/mol. The molecule has 0 radical (unpaired) electrons. The Labute approximate surface area is 151 Å². The van der Waals surface area contributed by atoms with Gasteiger partial charge >= 0.3 is 0 Å². The zero-order valence-corrected chi connectivity index (χ0v) is 16.0. The summed E-state index contributed by atoms with van der Waals surface area (Å²) < 4.78 is 3.18. The summed E-state index contributed by atoms with van der Waals surface area (Å²) in [7, 11) is 0. The molecule has 2 unspecified atom stereocenters. The first-order chi connectivity index (χ1) is 11.5. The molecule has 1 amide bonds. The monoisotopic (exact) mass is 389 g/mol. The van der Waals surface area contributed by atoms with E-state index in [2.05, 4.69) is 50.2 Å². The van der Waals surface area contributed by atoms with E-state index in [0.29, 0.717) is 6.04 Å². The third-order valence-corrected chi connectivity index (χ3v) is 5.25. The second-order valence-corrected chi connectivity index (χ2v) is 7.56. The first-order valence-corrected chi connectivity index (χ1v) is 9.24. The van der Waals surface area contributed by atoms with E-state index in [1.54, 1.807) is 0 Å². The predicted octanol–water partition coefficient (Wildman–Crippen LogP) is 3.73. The molecular formula is C19H24BrN3O. The molecule has 1 fully saturated rings. The van der Waals surface area contributed by atoms with Gasteiger partial charge in [-0.05, 0) is 70.5 Å². The lowest BCUT2D eigenvalue weighted by Crippen LogP contribution is -2.46. The van der Waals surface area contributed by atoms with Crippen LogP contribution in [0.3, 0.4) is 0 Å². The van der Waals surface area contributed by atoms with Crippen molar-refractivity contribution in [2.24, 2.45) is 0 Å². The Morgan fingerprint density at radius 2 is 2.00 bits per heavy atom. The fraction of sp³-hybridized carbons (Fsp3) is 0.421. The fourth-order valence-electron chi connectivity index (χ4n) is 3.51. The summed E-state index contributed by atoms with van der Waals surface area (Å²) in [5.41, 5.74) is 3.89. The van der Waals surface area contributed by atoms with Gasteiger partial charge in [-0.25, -0.2) is 0 Å². The normalized spacial score (nSPS) is 20.8. The molecule has 2 N–H and O–H groups in total. The van der Waals surface area contributed by atoms with Gasteiger partial charge in [-0.15, -0.1) is 0 Å². The van der Waals surface area contributed by atoms with Crippen LogP contribution in [0.2, 0.25) is 0 Å². The maximum atomic E-state index is 12.7. The number of rotatable bonds is 3. The Hall–Kier alpha value is -1.59. The first-order valence-electron chi connectivity index (χ1n) is 8.45. The van der Waals surface area contributed by atoms with Crippen LogP contribution < -0.4 is 10.6 Å². The second-order valence-electron chi connectivity index (χ2n) is 6.65. The minimum absolute atomic E-state index is 0.0329. The van der Waals surface area contributed by atoms with E-state index in [-0.39, 0.29) is 11.9 Å². The van der Waals surface area contributed by atoms with Gasteiger partial charge in [0, 0.05) is 33.6 Å². The smallest absolute Gasteiger partial charge is 0.253 e. The van der Waals surface area contributed by atoms with Gasteiger partial charge in [0.1, 0.15) is 0 Å². The Bertz CT molecular complexity index is 736. The average Bonchev–Trinajstić information content (AvgIpc) is 2.83. The SMILES string of the molecule is Cc1cc(C(=O)NC2CCNC(C)C2)c(C)n1-c1ccc(Br)cc1. The number of aryl methyl sites for hydroxylation is 1. The molecule has 1 aromatic carbocycles. The maximum Gasteiger partial charge on any atom is 0.253 e. The van der Waals surface area contributed by atoms with Crippen LogP contribution in [0.25, 0.3) is 5.69 Å². The van der Waals surface area contributed by atoms with Crippen LogP contribution in [0.1, 0.15) is 41.5 Å². The third kappa shape index (κ3) is 3.57. The number of hydrogen-bond acceptors (Lipinski definition) is 2. The van der Waals surface area contributed by atoms with Crippen LogP contribution in [0.4, 0.5) is 0 Å². The van der Waals surface area contributed by atoms with Crippen molar-refractivity contribution in [3.63, 3.8) is 0 Å². The van der Waals surface area contributed by atoms with Crippen molar-refractivity contribution in [3.8, 4) is 5.69 Å². The quantitative estimate of drug-likeness (QED) is 0.839. The van der Waals surface area contributed by atoms with Gasteiger partial charge in [-0.3, -0.25) is 4.79 Å². The van der Waals surface area contributed by atoms with Crippen LogP contribution in [-0.2, 0) is 0 Å². The highest BCUT2D eigenvalue weighted by atomic mass is 79.9. The van der Waals surface area contributed by atoms with Crippen molar-refractivity contribution in [1.82, 2.24) is 15.2 Å². The zero-order chi connectivity index (χ0) is 17.3. The number of piperidine rings is 1. The van der Waals surface area contributed by atoms with Crippen molar-refractivity contribution >= 4 is 21.8 Å². The lowest BCUT2D eigenvalue weighted by molar-refractivity contribution is 0.0925. The molecule has 0 saturated carbocycles. The van der Waals surface area contributed by atoms with Gasteiger partial charge < -0.3 is 15.2 Å². The molecule has 0 spiro atoms. The molecule has 24 heavy (non-hydrogen) atoms. The van der Waals surface area contributed by atoms with Gasteiger partial charge in [0.25, 0.3) is 5.91 Å². The molecule has 1 saturated heterocycles. The average molecular weight is 390 g/mol. The van der Waals surface area contributed by atoms with Gasteiger partial charge in [0.2, 0.25) is 0 Å². The summed E-state index contributed by atoms with van der Waals surface area (Å²) in [6.45, 7) is 7.18. The van der Waals surface area contributed by atoms with E-state index in [4.69, 9.17) is 0 Å². The molecule has 1 aromatic heterocycles. The number of carbonyl (C=O) groups excluding carboxylic acids is 1. The number of aromatic nitrogens is 1. The molecule has 2 heterocycles. The van der Waals surface area contributed by atoms with Gasteiger partial charge in [-0.1, -0.05) is 15.9 Å². The van der Waals surface area contributed by atoms with Crippen LogP contribution in [0.15, 0.2) is 34.8 Å². The van der Waals surface area contributed by atoms with Crippen LogP contribution in [0.5, 0.6) is 0 Å². The van der Waals surface area contributed by atoms with Crippen molar-refractivity contribution in [2.45, 2.75) is 45.7 Å². The van der Waals surface area contributed by atoms with E-state index in [1.807, 2.05) is 32.0 Å². The molecule has 0 bridgehead atoms. The van der Waals surface area contributed by atoms with Crippen LogP contribution in [-0.4, -0.2) is 29.1 Å². The Kier molecular flexibility index (Phi) is 5.11. The summed E-state index contributed by atoms with van der Waals surface area (Å²) >= 11 is 3.47. The van der Waals surface area contributed by atoms with Gasteiger partial charge in [0.05, 0.1) is 5.56 Å². The number of hydrogen-bond donors (Lipinski definition) is 2. The molecule has 0 aliphatic carbocycles. The van der Waals surface area contributed by atoms with E-state index >= 15 is 0 Å². The van der Waals surface area contributed by atoms with Gasteiger partial charge in [0.15, 0.2) is 0 Å². The molecule has 3 rings (SSSR count). The number of nitrogens with zero attached hydrogens (tertiary/aromatic N) is 1. The van der Waals surface area contributed by atoms with Crippen LogP contribution >= 0.6 is 15.9 Å². The lowest BCUT2D eigenvalue weighted by atomic mass is 10.0. The summed E-state index contributed by atoms with van der Waals surface area (Å²) in [5.74, 6) is 0.0329. The summed E-state index contributed by atoms with van der Waals surface area (Å²) in [5, 5.41) is 6.62. The Morgan fingerprint density at radius 3 is 2.67 bits per heavy atom. The highest BCUT2D eigenvalue weighted by Crippen LogP contribution is 2.23. The first kappa shape index (κ1) is 17.2. The minimum atomic E-state index is 0.0329. The van der Waals surface area contributed by atoms with Crippen molar-refractivity contribution in [2.75, 3.05) is 6.54 Å². The number of amides is 1. The maximum absolute atomic E-state index is 12.7. The number of nitrogens with one attached hydrogen (secondary N) is 2. The largest absolute Gasteiger partial charge is 0.349 e. The number of benzene rings is 1. The zero-order valence-electron chi connectivity index (χ0n) is 14.4. The lowest BCUT2D eigenvalue weighted by Gasteiger charge is -2.28. The molecule has 5 heteroatoms. The standard InChI is InChI=1S/C19H24BrN3O/c1-12-10-16(8-9-21-12)22-19(24)18-11-13(2)23(14(18)3)17-6-4-15(20)5-7-17/h4-7,11-12,16,21H,8-10H2,1-3H3,(H,22,24). The fourth-order valence-corrected chi connectivity index (χ4v) is 3.77. The number of carbonyl (C=O) groups is 1. The highest BCUT2D eigenvalue weighted by molar-refractivity contribution is 9.10. The Morgan fingerprint density at radius 1 is 1.29 bits per heavy atom. The molecule has 1 aliphatic heterocycles. The molecule has 2 atom stereocenters. The van der Waals surface area contributed by atoms with Crippen LogP contribution in [0, 0.1) is 13.8 Å². The van der Waals surface area contributed by atoms with Gasteiger partial charge in [-0.2, -0.15) is 0 Å². The molecule has 2 aromatic rings. The van der Waals surface area contributed by atoms with E-state index in [1.165, 1.54) is 0 Å². The number of halogens is 1. The Balaban J connectivity index is 1.83. The van der Waals surface area contributed by atoms with Crippen molar-refractivity contribution in [3.05, 3.63) is 51.8 Å². The predicted molar refractivity (Wildman–Crippen MR) is 101 cm³/mol.